The Hall–Kier alpha value is -1.55. The number of carbonyl (C=O) groups is 1. The Morgan fingerprint density at radius 3 is 2.44 bits per heavy atom. The minimum atomic E-state index is -0.721. The number of rotatable bonds is 3. The van der Waals surface area contributed by atoms with E-state index in [2.05, 4.69) is 5.32 Å². The van der Waals surface area contributed by atoms with Gasteiger partial charge in [0.1, 0.15) is 0 Å². The van der Waals surface area contributed by atoms with Crippen LogP contribution in [0.4, 0.5) is 5.69 Å². The van der Waals surface area contributed by atoms with Crippen LogP contribution >= 0.6 is 0 Å². The maximum atomic E-state index is 11.9. The second-order valence-corrected chi connectivity index (χ2v) is 5.09. The van der Waals surface area contributed by atoms with E-state index >= 15 is 0 Å². The zero-order chi connectivity index (χ0) is 13.0. The predicted octanol–water partition coefficient (Wildman–Crippen LogP) is 1.69. The van der Waals surface area contributed by atoms with Gasteiger partial charge in [0, 0.05) is 17.8 Å². The minimum Gasteiger partial charge on any atom is -0.399 e. The number of nitrogens with two attached hydrogens (primary N) is 1. The number of aliphatic hydroxyl groups is 1. The van der Waals surface area contributed by atoms with Crippen molar-refractivity contribution in [2.24, 2.45) is 0 Å². The molecule has 0 aromatic heterocycles. The number of anilines is 1. The summed E-state index contributed by atoms with van der Waals surface area (Å²) < 4.78 is 0. The molecule has 98 valence electrons. The molecule has 0 heterocycles. The summed E-state index contributed by atoms with van der Waals surface area (Å²) in [6.07, 6.45) is 4.79. The molecular formula is C14H20N2O2. The number of carbonyl (C=O) groups excluding carboxylic acids is 1. The first kappa shape index (κ1) is 12.9. The molecule has 4 heteroatoms. The first-order valence-corrected chi connectivity index (χ1v) is 6.45. The van der Waals surface area contributed by atoms with Gasteiger partial charge in [0.05, 0.1) is 5.60 Å². The van der Waals surface area contributed by atoms with Gasteiger partial charge in [-0.2, -0.15) is 0 Å². The summed E-state index contributed by atoms with van der Waals surface area (Å²) in [5.41, 5.74) is 6.06. The normalized spacial score (nSPS) is 18.3. The van der Waals surface area contributed by atoms with Gasteiger partial charge in [0.25, 0.3) is 5.91 Å². The van der Waals surface area contributed by atoms with Crippen molar-refractivity contribution in [1.82, 2.24) is 5.32 Å². The molecule has 1 fully saturated rings. The monoisotopic (exact) mass is 248 g/mol. The topological polar surface area (TPSA) is 75.4 Å². The molecule has 1 aromatic rings. The van der Waals surface area contributed by atoms with Gasteiger partial charge in [-0.3, -0.25) is 4.79 Å². The molecule has 0 aliphatic heterocycles. The molecule has 1 aromatic carbocycles. The smallest absolute Gasteiger partial charge is 0.251 e. The zero-order valence-corrected chi connectivity index (χ0v) is 10.5. The maximum Gasteiger partial charge on any atom is 0.251 e. The molecule has 18 heavy (non-hydrogen) atoms. The Morgan fingerprint density at radius 2 is 1.83 bits per heavy atom. The standard InChI is InChI=1S/C14H20N2O2/c15-12-6-4-11(5-7-12)13(17)16-10-14(18)8-2-1-3-9-14/h4-7,18H,1-3,8-10,15H2,(H,16,17). The fourth-order valence-corrected chi connectivity index (χ4v) is 2.37. The van der Waals surface area contributed by atoms with E-state index in [1.807, 2.05) is 0 Å². The molecule has 1 aliphatic rings. The van der Waals surface area contributed by atoms with Crippen LogP contribution < -0.4 is 11.1 Å². The molecule has 1 amide bonds. The van der Waals surface area contributed by atoms with Gasteiger partial charge < -0.3 is 16.2 Å². The van der Waals surface area contributed by atoms with E-state index in [1.54, 1.807) is 24.3 Å². The Balaban J connectivity index is 1.89. The molecule has 0 spiro atoms. The number of hydrogen-bond donors (Lipinski definition) is 3. The summed E-state index contributed by atoms with van der Waals surface area (Å²) in [7, 11) is 0. The third-order valence-electron chi connectivity index (χ3n) is 3.54. The average Bonchev–Trinajstić information content (AvgIpc) is 2.38. The van der Waals surface area contributed by atoms with Crippen LogP contribution in [0, 0.1) is 0 Å². The highest BCUT2D eigenvalue weighted by molar-refractivity contribution is 5.94. The number of hydrogen-bond acceptors (Lipinski definition) is 3. The Morgan fingerprint density at radius 1 is 1.22 bits per heavy atom. The van der Waals surface area contributed by atoms with E-state index in [4.69, 9.17) is 5.73 Å². The fourth-order valence-electron chi connectivity index (χ4n) is 2.37. The van der Waals surface area contributed by atoms with E-state index in [0.29, 0.717) is 17.8 Å². The summed E-state index contributed by atoms with van der Waals surface area (Å²) in [6, 6.07) is 6.78. The van der Waals surface area contributed by atoms with Gasteiger partial charge in [-0.05, 0) is 37.1 Å². The van der Waals surface area contributed by atoms with Gasteiger partial charge in [-0.1, -0.05) is 19.3 Å². The Bertz CT molecular complexity index is 408. The maximum absolute atomic E-state index is 11.9. The first-order chi connectivity index (χ1) is 8.59. The summed E-state index contributed by atoms with van der Waals surface area (Å²) in [6.45, 7) is 0.330. The molecule has 0 bridgehead atoms. The Kier molecular flexibility index (Phi) is 3.87. The van der Waals surface area contributed by atoms with Crippen molar-refractivity contribution in [2.45, 2.75) is 37.7 Å². The van der Waals surface area contributed by atoms with Crippen molar-refractivity contribution in [3.63, 3.8) is 0 Å². The lowest BCUT2D eigenvalue weighted by molar-refractivity contribution is 0.00526. The van der Waals surface area contributed by atoms with Crippen LogP contribution in [0.1, 0.15) is 42.5 Å². The highest BCUT2D eigenvalue weighted by Crippen LogP contribution is 2.27. The molecule has 0 saturated heterocycles. The molecule has 1 saturated carbocycles. The van der Waals surface area contributed by atoms with Crippen LogP contribution in [0.25, 0.3) is 0 Å². The van der Waals surface area contributed by atoms with Gasteiger partial charge in [0.15, 0.2) is 0 Å². The van der Waals surface area contributed by atoms with Crippen LogP contribution in [0.3, 0.4) is 0 Å². The van der Waals surface area contributed by atoms with E-state index in [9.17, 15) is 9.90 Å². The minimum absolute atomic E-state index is 0.158. The lowest BCUT2D eigenvalue weighted by Crippen LogP contribution is -2.44. The number of nitrogen functional groups attached to an aromatic ring is 1. The largest absolute Gasteiger partial charge is 0.399 e. The van der Waals surface area contributed by atoms with Crippen molar-refractivity contribution >= 4 is 11.6 Å². The van der Waals surface area contributed by atoms with Gasteiger partial charge in [0.2, 0.25) is 0 Å². The van der Waals surface area contributed by atoms with Crippen molar-refractivity contribution in [1.29, 1.82) is 0 Å². The quantitative estimate of drug-likeness (QED) is 0.713. The first-order valence-electron chi connectivity index (χ1n) is 6.45. The summed E-state index contributed by atoms with van der Waals surface area (Å²) in [5, 5.41) is 13.1. The van der Waals surface area contributed by atoms with Crippen LogP contribution in [0.2, 0.25) is 0 Å². The highest BCUT2D eigenvalue weighted by atomic mass is 16.3. The fraction of sp³-hybridized carbons (Fsp3) is 0.500. The molecule has 0 unspecified atom stereocenters. The van der Waals surface area contributed by atoms with E-state index in [0.717, 1.165) is 25.7 Å². The van der Waals surface area contributed by atoms with Crippen molar-refractivity contribution in [3.8, 4) is 0 Å². The Labute approximate surface area is 107 Å². The predicted molar refractivity (Wildman–Crippen MR) is 71.2 cm³/mol. The molecule has 0 radical (unpaired) electrons. The van der Waals surface area contributed by atoms with Crippen LogP contribution in [0.15, 0.2) is 24.3 Å². The summed E-state index contributed by atoms with van der Waals surface area (Å²) in [4.78, 5) is 11.9. The SMILES string of the molecule is Nc1ccc(C(=O)NCC2(O)CCCCC2)cc1. The second-order valence-electron chi connectivity index (χ2n) is 5.09. The lowest BCUT2D eigenvalue weighted by atomic mass is 9.85. The summed E-state index contributed by atoms with van der Waals surface area (Å²) in [5.74, 6) is -0.158. The summed E-state index contributed by atoms with van der Waals surface area (Å²) >= 11 is 0. The molecule has 4 nitrogen and oxygen atoms in total. The number of benzene rings is 1. The van der Waals surface area contributed by atoms with Crippen LogP contribution in [-0.2, 0) is 0 Å². The molecule has 4 N–H and O–H groups in total. The van der Waals surface area contributed by atoms with Crippen LogP contribution in [0.5, 0.6) is 0 Å². The molecular weight excluding hydrogens is 228 g/mol. The molecule has 2 rings (SSSR count). The number of nitrogens with one attached hydrogen (secondary N) is 1. The third-order valence-corrected chi connectivity index (χ3v) is 3.54. The average molecular weight is 248 g/mol. The van der Waals surface area contributed by atoms with E-state index in [1.165, 1.54) is 6.42 Å². The van der Waals surface area contributed by atoms with Crippen molar-refractivity contribution in [2.75, 3.05) is 12.3 Å². The van der Waals surface area contributed by atoms with Crippen molar-refractivity contribution < 1.29 is 9.90 Å². The molecule has 0 atom stereocenters. The van der Waals surface area contributed by atoms with E-state index in [-0.39, 0.29) is 5.91 Å². The van der Waals surface area contributed by atoms with Crippen LogP contribution in [-0.4, -0.2) is 23.2 Å². The zero-order valence-electron chi connectivity index (χ0n) is 10.5. The van der Waals surface area contributed by atoms with Gasteiger partial charge in [-0.25, -0.2) is 0 Å². The molecule has 1 aliphatic carbocycles. The van der Waals surface area contributed by atoms with E-state index < -0.39 is 5.60 Å². The highest BCUT2D eigenvalue weighted by Gasteiger charge is 2.29. The second kappa shape index (κ2) is 5.40. The number of amides is 1. The van der Waals surface area contributed by atoms with Gasteiger partial charge in [-0.15, -0.1) is 0 Å². The van der Waals surface area contributed by atoms with Gasteiger partial charge >= 0.3 is 0 Å². The third kappa shape index (κ3) is 3.23. The van der Waals surface area contributed by atoms with Crippen molar-refractivity contribution in [3.05, 3.63) is 29.8 Å². The lowest BCUT2D eigenvalue weighted by Gasteiger charge is -2.32.